The molecule has 0 heterocycles. The average Bonchev–Trinajstić information content (AvgIpc) is 2.42. The molecule has 0 spiro atoms. The molecule has 0 bridgehead atoms. The molecule has 19 heavy (non-hydrogen) atoms. The van der Waals surface area contributed by atoms with E-state index in [4.69, 9.17) is 5.73 Å². The summed E-state index contributed by atoms with van der Waals surface area (Å²) in [4.78, 5) is 23.3. The zero-order valence-corrected chi connectivity index (χ0v) is 12.1. The maximum absolute atomic E-state index is 11.3. The number of hydrogen-bond donors (Lipinski definition) is 3. The van der Waals surface area contributed by atoms with Gasteiger partial charge in [0, 0.05) is 17.2 Å². The molecule has 0 radical (unpaired) electrons. The molecule has 0 aliphatic rings. The Morgan fingerprint density at radius 1 is 1.11 bits per heavy atom. The van der Waals surface area contributed by atoms with E-state index < -0.39 is 0 Å². The van der Waals surface area contributed by atoms with Crippen LogP contribution in [0.15, 0.2) is 35.2 Å². The average molecular weight is 304 g/mol. The number of carbonyl (C=O) groups excluding carboxylic acids is 2. The first-order chi connectivity index (χ1) is 8.72. The van der Waals surface area contributed by atoms with E-state index in [2.05, 4.69) is 10.6 Å². The van der Waals surface area contributed by atoms with Crippen LogP contribution in [0, 0.1) is 0 Å². The maximum Gasteiger partial charge on any atom is 0.239 e. The van der Waals surface area contributed by atoms with Crippen molar-refractivity contribution in [1.29, 1.82) is 0 Å². The Labute approximate surface area is 123 Å². The maximum atomic E-state index is 11.3. The van der Waals surface area contributed by atoms with Gasteiger partial charge in [-0.25, -0.2) is 0 Å². The lowest BCUT2D eigenvalue weighted by atomic mass is 10.4. The first-order valence-electron chi connectivity index (χ1n) is 5.63. The minimum atomic E-state index is -0.330. The highest BCUT2D eigenvalue weighted by molar-refractivity contribution is 7.99. The van der Waals surface area contributed by atoms with Gasteiger partial charge in [0.1, 0.15) is 0 Å². The third kappa shape index (κ3) is 8.47. The van der Waals surface area contributed by atoms with E-state index >= 15 is 0 Å². The molecular formula is C12H18ClN3O2S. The highest BCUT2D eigenvalue weighted by Crippen LogP contribution is 2.15. The van der Waals surface area contributed by atoms with Gasteiger partial charge in [-0.15, -0.1) is 24.2 Å². The van der Waals surface area contributed by atoms with E-state index in [1.54, 1.807) is 11.8 Å². The number of halogens is 1. The molecule has 106 valence electrons. The van der Waals surface area contributed by atoms with Crippen LogP contribution in [-0.4, -0.2) is 37.2 Å². The summed E-state index contributed by atoms with van der Waals surface area (Å²) in [5, 5.41) is 5.12. The number of hydrogen-bond acceptors (Lipinski definition) is 4. The van der Waals surface area contributed by atoms with Crippen molar-refractivity contribution in [2.75, 3.05) is 25.4 Å². The molecule has 0 saturated heterocycles. The topological polar surface area (TPSA) is 84.2 Å². The van der Waals surface area contributed by atoms with Gasteiger partial charge < -0.3 is 16.4 Å². The Bertz CT molecular complexity index is 390. The highest BCUT2D eigenvalue weighted by Gasteiger charge is 2.02. The van der Waals surface area contributed by atoms with Crippen LogP contribution < -0.4 is 16.4 Å². The number of nitrogens with one attached hydrogen (secondary N) is 2. The third-order valence-electron chi connectivity index (χ3n) is 2.07. The number of amides is 2. The summed E-state index contributed by atoms with van der Waals surface area (Å²) < 4.78 is 0. The molecule has 1 aromatic carbocycles. The Kier molecular flexibility index (Phi) is 9.97. The van der Waals surface area contributed by atoms with Gasteiger partial charge in [0.2, 0.25) is 11.8 Å². The minimum Gasteiger partial charge on any atom is -0.354 e. The molecule has 1 rings (SSSR count). The fraction of sp³-hybridized carbons (Fsp3) is 0.333. The van der Waals surface area contributed by atoms with Crippen molar-refractivity contribution in [3.63, 3.8) is 0 Å². The van der Waals surface area contributed by atoms with Crippen LogP contribution in [0.4, 0.5) is 0 Å². The normalized spacial score (nSPS) is 9.32. The van der Waals surface area contributed by atoms with Crippen molar-refractivity contribution in [3.8, 4) is 0 Å². The molecule has 0 aliphatic carbocycles. The lowest BCUT2D eigenvalue weighted by Crippen LogP contribution is -2.40. The van der Waals surface area contributed by atoms with Crippen LogP contribution in [0.25, 0.3) is 0 Å². The molecule has 0 saturated carbocycles. The molecule has 0 atom stereocenters. The Balaban J connectivity index is 0.00000324. The predicted molar refractivity (Wildman–Crippen MR) is 79.5 cm³/mol. The summed E-state index contributed by atoms with van der Waals surface area (Å²) in [7, 11) is 0. The van der Waals surface area contributed by atoms with E-state index in [0.717, 1.165) is 5.75 Å². The number of carbonyl (C=O) groups is 2. The van der Waals surface area contributed by atoms with Gasteiger partial charge in [-0.1, -0.05) is 18.2 Å². The number of rotatable bonds is 7. The van der Waals surface area contributed by atoms with E-state index in [1.807, 2.05) is 30.3 Å². The van der Waals surface area contributed by atoms with Crippen LogP contribution in [0.3, 0.4) is 0 Å². The predicted octanol–water partition coefficient (Wildman–Crippen LogP) is 0.392. The standard InChI is InChI=1S/C12H17N3O2S.ClH/c13-8-11(16)15-9-12(17)14-6-7-18-10-4-2-1-3-5-10;/h1-5H,6-9,13H2,(H,14,17)(H,15,16);1H. The molecule has 0 aromatic heterocycles. The first-order valence-corrected chi connectivity index (χ1v) is 6.62. The lowest BCUT2D eigenvalue weighted by molar-refractivity contribution is -0.125. The minimum absolute atomic E-state index is 0. The second-order valence-electron chi connectivity index (χ2n) is 3.49. The third-order valence-corrected chi connectivity index (χ3v) is 3.08. The molecule has 0 fully saturated rings. The number of benzene rings is 1. The fourth-order valence-electron chi connectivity index (χ4n) is 1.19. The fourth-order valence-corrected chi connectivity index (χ4v) is 1.98. The summed E-state index contributed by atoms with van der Waals surface area (Å²) in [6, 6.07) is 9.96. The molecule has 4 N–H and O–H groups in total. The number of nitrogens with two attached hydrogens (primary N) is 1. The second-order valence-corrected chi connectivity index (χ2v) is 4.66. The van der Waals surface area contributed by atoms with Gasteiger partial charge in [0.05, 0.1) is 13.1 Å². The SMILES string of the molecule is Cl.NCC(=O)NCC(=O)NCCSc1ccccc1. The van der Waals surface area contributed by atoms with Gasteiger partial charge in [-0.3, -0.25) is 9.59 Å². The zero-order valence-electron chi connectivity index (χ0n) is 10.4. The summed E-state index contributed by atoms with van der Waals surface area (Å²) in [5.74, 6) is 0.259. The van der Waals surface area contributed by atoms with Crippen molar-refractivity contribution in [2.24, 2.45) is 5.73 Å². The Morgan fingerprint density at radius 2 is 1.79 bits per heavy atom. The van der Waals surface area contributed by atoms with Gasteiger partial charge >= 0.3 is 0 Å². The van der Waals surface area contributed by atoms with E-state index in [9.17, 15) is 9.59 Å². The van der Waals surface area contributed by atoms with E-state index in [-0.39, 0.29) is 37.3 Å². The van der Waals surface area contributed by atoms with Gasteiger partial charge in [0.15, 0.2) is 0 Å². The molecular weight excluding hydrogens is 286 g/mol. The van der Waals surface area contributed by atoms with Crippen LogP contribution in [0.1, 0.15) is 0 Å². The largest absolute Gasteiger partial charge is 0.354 e. The highest BCUT2D eigenvalue weighted by atomic mass is 35.5. The van der Waals surface area contributed by atoms with Crippen molar-refractivity contribution in [2.45, 2.75) is 4.90 Å². The Hall–Kier alpha value is -1.24. The zero-order chi connectivity index (χ0) is 13.2. The summed E-state index contributed by atoms with van der Waals surface area (Å²) in [5.41, 5.74) is 5.10. The first kappa shape index (κ1) is 17.8. The lowest BCUT2D eigenvalue weighted by Gasteiger charge is -2.06. The summed E-state index contributed by atoms with van der Waals surface area (Å²) in [6.45, 7) is 0.445. The van der Waals surface area contributed by atoms with Crippen molar-refractivity contribution >= 4 is 36.0 Å². The summed E-state index contributed by atoms with van der Waals surface area (Å²) >= 11 is 1.67. The Morgan fingerprint density at radius 3 is 2.42 bits per heavy atom. The molecule has 7 heteroatoms. The van der Waals surface area contributed by atoms with Crippen molar-refractivity contribution < 1.29 is 9.59 Å². The molecule has 1 aromatic rings. The van der Waals surface area contributed by atoms with Gasteiger partial charge in [0.25, 0.3) is 0 Å². The van der Waals surface area contributed by atoms with Crippen LogP contribution in [0.5, 0.6) is 0 Å². The molecule has 0 aliphatic heterocycles. The second kappa shape index (κ2) is 10.7. The summed E-state index contributed by atoms with van der Waals surface area (Å²) in [6.07, 6.45) is 0. The quantitative estimate of drug-likeness (QED) is 0.503. The van der Waals surface area contributed by atoms with Crippen molar-refractivity contribution in [3.05, 3.63) is 30.3 Å². The van der Waals surface area contributed by atoms with Crippen LogP contribution >= 0.6 is 24.2 Å². The molecule has 2 amide bonds. The monoisotopic (exact) mass is 303 g/mol. The van der Waals surface area contributed by atoms with Gasteiger partial charge in [-0.2, -0.15) is 0 Å². The van der Waals surface area contributed by atoms with Crippen LogP contribution in [-0.2, 0) is 9.59 Å². The van der Waals surface area contributed by atoms with E-state index in [0.29, 0.717) is 6.54 Å². The smallest absolute Gasteiger partial charge is 0.239 e. The van der Waals surface area contributed by atoms with E-state index in [1.165, 1.54) is 4.90 Å². The molecule has 0 unspecified atom stereocenters. The van der Waals surface area contributed by atoms with Crippen molar-refractivity contribution in [1.82, 2.24) is 10.6 Å². The van der Waals surface area contributed by atoms with Crippen LogP contribution in [0.2, 0.25) is 0 Å². The van der Waals surface area contributed by atoms with Gasteiger partial charge in [-0.05, 0) is 12.1 Å². The molecule has 5 nitrogen and oxygen atoms in total. The number of thioether (sulfide) groups is 1.